The molecule has 0 aliphatic rings. The summed E-state index contributed by atoms with van der Waals surface area (Å²) in [5, 5.41) is 0. The number of carbonyl (C=O) groups excluding carboxylic acids is 1. The molecule has 2 nitrogen and oxygen atoms in total. The Hall–Kier alpha value is -1.55. The van der Waals surface area contributed by atoms with Crippen molar-refractivity contribution in [3.63, 3.8) is 0 Å². The topological polar surface area (TPSA) is 26.3 Å². The van der Waals surface area contributed by atoms with E-state index in [0.29, 0.717) is 0 Å². The molecule has 0 bridgehead atoms. The molecule has 0 heterocycles. The number of unbranched alkanes of at least 4 members (excludes halogenated alkanes) is 3. The molecule has 174 valence electrons. The third-order valence-corrected chi connectivity index (χ3v) is 22.4. The first-order chi connectivity index (χ1) is 15.5. The second-order valence-electron chi connectivity index (χ2n) is 9.02. The third kappa shape index (κ3) is 7.23. The van der Waals surface area contributed by atoms with Gasteiger partial charge in [-0.2, -0.15) is 0 Å². The normalized spacial score (nSPS) is 12.1. The molecule has 0 fully saturated rings. The van der Waals surface area contributed by atoms with Crippen LogP contribution in [-0.2, 0) is 0 Å². The molecule has 2 aromatic rings. The van der Waals surface area contributed by atoms with Crippen molar-refractivity contribution in [3.8, 4) is 5.75 Å². The summed E-state index contributed by atoms with van der Waals surface area (Å²) in [6.45, 7) is 8.61. The van der Waals surface area contributed by atoms with E-state index >= 15 is 0 Å². The van der Waals surface area contributed by atoms with Gasteiger partial charge < -0.3 is 0 Å². The van der Waals surface area contributed by atoms with Gasteiger partial charge in [-0.25, -0.2) is 0 Å². The van der Waals surface area contributed by atoms with Crippen molar-refractivity contribution < 1.29 is 9.53 Å². The summed E-state index contributed by atoms with van der Waals surface area (Å²) >= 11 is -2.74. The summed E-state index contributed by atoms with van der Waals surface area (Å²) in [5.74, 6) is 1.07. The predicted octanol–water partition coefficient (Wildman–Crippen LogP) is 8.83. The summed E-state index contributed by atoms with van der Waals surface area (Å²) in [6, 6.07) is 16.8. The summed E-state index contributed by atoms with van der Waals surface area (Å²) in [6.07, 6.45) is 10.2. The van der Waals surface area contributed by atoms with E-state index < -0.39 is 18.4 Å². The third-order valence-electron chi connectivity index (χ3n) is 6.64. The van der Waals surface area contributed by atoms with Gasteiger partial charge in [0.2, 0.25) is 0 Å². The molecule has 2 aromatic carbocycles. The molecule has 0 N–H and O–H groups in total. The SMILES string of the molecule is CCC[CH2][Sn]([CH2]CCC)([CH2]CCC)/[C](=C/c1ccccc1OC)c1ccc(C(C)=O)cc1. The van der Waals surface area contributed by atoms with E-state index in [9.17, 15) is 4.79 Å². The van der Waals surface area contributed by atoms with Crippen LogP contribution in [0.1, 0.15) is 87.7 Å². The molecule has 0 amide bonds. The van der Waals surface area contributed by atoms with Crippen LogP contribution in [0.5, 0.6) is 5.75 Å². The minimum atomic E-state index is -2.74. The van der Waals surface area contributed by atoms with E-state index in [1.807, 2.05) is 18.2 Å². The maximum atomic E-state index is 11.9. The first kappa shape index (κ1) is 26.7. The second kappa shape index (κ2) is 13.9. The Morgan fingerprint density at radius 1 is 0.812 bits per heavy atom. The van der Waals surface area contributed by atoms with Gasteiger partial charge >= 0.3 is 201 Å². The van der Waals surface area contributed by atoms with Crippen LogP contribution in [0.4, 0.5) is 0 Å². The minimum absolute atomic E-state index is 0.129. The van der Waals surface area contributed by atoms with E-state index in [1.165, 1.54) is 63.0 Å². The van der Waals surface area contributed by atoms with Gasteiger partial charge in [0.25, 0.3) is 0 Å². The Morgan fingerprint density at radius 3 is 1.78 bits per heavy atom. The number of hydrogen-bond acceptors (Lipinski definition) is 2. The monoisotopic (exact) mass is 542 g/mol. The number of para-hydroxylation sites is 1. The van der Waals surface area contributed by atoms with E-state index in [0.717, 1.165) is 11.3 Å². The van der Waals surface area contributed by atoms with Crippen molar-refractivity contribution in [3.05, 3.63) is 65.2 Å². The molecule has 0 saturated heterocycles. The van der Waals surface area contributed by atoms with Crippen molar-refractivity contribution in [2.24, 2.45) is 0 Å². The maximum absolute atomic E-state index is 11.9. The van der Waals surface area contributed by atoms with Crippen LogP contribution in [0.2, 0.25) is 13.3 Å². The molecule has 0 radical (unpaired) electrons. The summed E-state index contributed by atoms with van der Waals surface area (Å²) in [4.78, 5) is 11.9. The van der Waals surface area contributed by atoms with Gasteiger partial charge in [-0.3, -0.25) is 0 Å². The molecule has 0 aromatic heterocycles. The van der Waals surface area contributed by atoms with Gasteiger partial charge in [0.15, 0.2) is 0 Å². The summed E-state index contributed by atoms with van der Waals surface area (Å²) in [5.41, 5.74) is 3.29. The molecule has 0 saturated carbocycles. The first-order valence-corrected chi connectivity index (χ1v) is 20.0. The van der Waals surface area contributed by atoms with Crippen LogP contribution in [0.25, 0.3) is 9.67 Å². The van der Waals surface area contributed by atoms with E-state index in [1.54, 1.807) is 17.6 Å². The molecule has 3 heteroatoms. The van der Waals surface area contributed by atoms with E-state index in [4.69, 9.17) is 4.74 Å². The van der Waals surface area contributed by atoms with Crippen LogP contribution in [0.15, 0.2) is 48.5 Å². The molecule has 0 aliphatic heterocycles. The molecular formula is C29H42O2Sn. The Balaban J connectivity index is 2.72. The first-order valence-electron chi connectivity index (χ1n) is 12.5. The van der Waals surface area contributed by atoms with Gasteiger partial charge in [-0.1, -0.05) is 0 Å². The number of carbonyl (C=O) groups is 1. The second-order valence-corrected chi connectivity index (χ2v) is 22.2. The van der Waals surface area contributed by atoms with Crippen LogP contribution in [0.3, 0.4) is 0 Å². The zero-order valence-electron chi connectivity index (χ0n) is 20.9. The summed E-state index contributed by atoms with van der Waals surface area (Å²) in [7, 11) is 1.76. The quantitative estimate of drug-likeness (QED) is 0.136. The van der Waals surface area contributed by atoms with E-state index in [-0.39, 0.29) is 5.78 Å². The fourth-order valence-electron chi connectivity index (χ4n) is 4.69. The Kier molecular flexibility index (Phi) is 11.6. The average Bonchev–Trinajstić information content (AvgIpc) is 2.83. The predicted molar refractivity (Wildman–Crippen MR) is 142 cm³/mol. The van der Waals surface area contributed by atoms with Gasteiger partial charge in [0, 0.05) is 0 Å². The number of hydrogen-bond donors (Lipinski definition) is 0. The van der Waals surface area contributed by atoms with Crippen LogP contribution < -0.4 is 4.74 Å². The van der Waals surface area contributed by atoms with Crippen LogP contribution >= 0.6 is 0 Å². The van der Waals surface area contributed by atoms with E-state index in [2.05, 4.69) is 57.2 Å². The van der Waals surface area contributed by atoms with Crippen LogP contribution in [-0.4, -0.2) is 31.3 Å². The number of methoxy groups -OCH3 is 1. The van der Waals surface area contributed by atoms with Crippen molar-refractivity contribution in [2.75, 3.05) is 7.11 Å². The van der Waals surface area contributed by atoms with Gasteiger partial charge in [0.1, 0.15) is 0 Å². The Bertz CT molecular complexity index is 845. The number of ketones is 1. The number of benzene rings is 2. The zero-order chi connectivity index (χ0) is 23.4. The Labute approximate surface area is 200 Å². The van der Waals surface area contributed by atoms with Crippen molar-refractivity contribution >= 4 is 33.8 Å². The fourth-order valence-corrected chi connectivity index (χ4v) is 21.5. The van der Waals surface area contributed by atoms with Crippen LogP contribution in [0, 0.1) is 0 Å². The summed E-state index contributed by atoms with van der Waals surface area (Å²) < 4.78 is 11.5. The van der Waals surface area contributed by atoms with Gasteiger partial charge in [-0.05, 0) is 0 Å². The Morgan fingerprint density at radius 2 is 1.31 bits per heavy atom. The average molecular weight is 541 g/mol. The van der Waals surface area contributed by atoms with Crippen molar-refractivity contribution in [1.82, 2.24) is 0 Å². The van der Waals surface area contributed by atoms with Crippen molar-refractivity contribution in [1.29, 1.82) is 0 Å². The van der Waals surface area contributed by atoms with Gasteiger partial charge in [-0.15, -0.1) is 0 Å². The molecule has 0 spiro atoms. The number of rotatable bonds is 14. The fraction of sp³-hybridized carbons (Fsp3) is 0.483. The molecule has 0 atom stereocenters. The van der Waals surface area contributed by atoms with Crippen molar-refractivity contribution in [2.45, 2.75) is 79.5 Å². The molecule has 0 aliphatic carbocycles. The molecule has 2 rings (SSSR count). The number of ether oxygens (including phenoxy) is 1. The molecule has 0 unspecified atom stereocenters. The zero-order valence-corrected chi connectivity index (χ0v) is 23.7. The van der Waals surface area contributed by atoms with Gasteiger partial charge in [0.05, 0.1) is 0 Å². The molecule has 32 heavy (non-hydrogen) atoms. The number of Topliss-reactive ketones (excluding diaryl/α,β-unsaturated/α-hetero) is 1. The standard InChI is InChI=1S/C17H15O2.3C4H9.Sn/c1-13(18)15-10-7-14(8-11-15)9-12-16-5-3-4-6-17(16)19-2;3*1-3-4-2;/h3-8,10-12H,1-2H3;3*1,3-4H2,2H3;. The molecular weight excluding hydrogens is 499 g/mol.